The minimum atomic E-state index is -0.746. The van der Waals surface area contributed by atoms with Crippen LogP contribution >= 0.6 is 15.9 Å². The number of hydrogen-bond donors (Lipinski definition) is 0. The molecular formula is C21H16BrNO6. The van der Waals surface area contributed by atoms with Crippen LogP contribution < -0.4 is 9.47 Å². The molecule has 2 heterocycles. The Morgan fingerprint density at radius 1 is 1.07 bits per heavy atom. The van der Waals surface area contributed by atoms with Gasteiger partial charge in [0.05, 0.1) is 6.61 Å². The Morgan fingerprint density at radius 2 is 1.79 bits per heavy atom. The van der Waals surface area contributed by atoms with Gasteiger partial charge in [-0.2, -0.15) is 0 Å². The topological polar surface area (TPSA) is 87.9 Å². The number of rotatable bonds is 5. The van der Waals surface area contributed by atoms with E-state index in [1.807, 2.05) is 0 Å². The van der Waals surface area contributed by atoms with Crippen LogP contribution in [-0.2, 0) is 4.74 Å². The number of aromatic nitrogens is 1. The van der Waals surface area contributed by atoms with Gasteiger partial charge >= 0.3 is 5.97 Å². The predicted molar refractivity (Wildman–Crippen MR) is 106 cm³/mol. The fourth-order valence-electron chi connectivity index (χ4n) is 2.97. The standard InChI is InChI=1S/C21H16BrNO6/c1-2-26-21(25)20-17(19(24)12-3-6-14(22)7-4-12)18(23-29-20)13-5-8-15-16(11-13)28-10-9-27-15/h3-8,11H,2,9-10H2,1H3. The molecule has 3 aromatic rings. The Bertz CT molecular complexity index is 1070. The average molecular weight is 458 g/mol. The summed E-state index contributed by atoms with van der Waals surface area (Å²) < 4.78 is 22.3. The van der Waals surface area contributed by atoms with Crippen molar-refractivity contribution in [1.82, 2.24) is 5.16 Å². The van der Waals surface area contributed by atoms with Crippen molar-refractivity contribution in [2.75, 3.05) is 19.8 Å². The van der Waals surface area contributed by atoms with Crippen molar-refractivity contribution in [3.63, 3.8) is 0 Å². The second-order valence-electron chi connectivity index (χ2n) is 6.15. The summed E-state index contributed by atoms with van der Waals surface area (Å²) in [5, 5.41) is 4.00. The monoisotopic (exact) mass is 457 g/mol. The van der Waals surface area contributed by atoms with Crippen molar-refractivity contribution >= 4 is 27.7 Å². The number of nitrogens with zero attached hydrogens (tertiary/aromatic N) is 1. The third kappa shape index (κ3) is 3.75. The quantitative estimate of drug-likeness (QED) is 0.417. The van der Waals surface area contributed by atoms with E-state index in [1.54, 1.807) is 49.4 Å². The van der Waals surface area contributed by atoms with Crippen molar-refractivity contribution in [2.24, 2.45) is 0 Å². The number of ether oxygens (including phenoxy) is 3. The van der Waals surface area contributed by atoms with E-state index in [0.717, 1.165) is 4.47 Å². The van der Waals surface area contributed by atoms with E-state index in [0.29, 0.717) is 35.8 Å². The molecule has 1 aromatic heterocycles. The van der Waals surface area contributed by atoms with Gasteiger partial charge in [-0.15, -0.1) is 0 Å². The zero-order chi connectivity index (χ0) is 20.4. The fraction of sp³-hybridized carbons (Fsp3) is 0.190. The molecule has 148 valence electrons. The minimum absolute atomic E-state index is 0.0439. The first-order valence-electron chi connectivity index (χ1n) is 8.95. The van der Waals surface area contributed by atoms with E-state index < -0.39 is 11.8 Å². The molecule has 0 bridgehead atoms. The summed E-state index contributed by atoms with van der Waals surface area (Å²) in [6, 6.07) is 12.0. The minimum Gasteiger partial charge on any atom is -0.486 e. The van der Waals surface area contributed by atoms with E-state index in [9.17, 15) is 9.59 Å². The van der Waals surface area contributed by atoms with E-state index in [1.165, 1.54) is 0 Å². The molecule has 7 nitrogen and oxygen atoms in total. The van der Waals surface area contributed by atoms with Crippen molar-refractivity contribution in [3.05, 3.63) is 63.8 Å². The Morgan fingerprint density at radius 3 is 2.52 bits per heavy atom. The molecule has 0 spiro atoms. The maximum absolute atomic E-state index is 13.3. The molecule has 4 rings (SSSR count). The molecule has 0 unspecified atom stereocenters. The van der Waals surface area contributed by atoms with Crippen molar-refractivity contribution in [1.29, 1.82) is 0 Å². The normalized spacial score (nSPS) is 12.5. The molecule has 0 aliphatic carbocycles. The lowest BCUT2D eigenvalue weighted by atomic mass is 9.97. The highest BCUT2D eigenvalue weighted by Crippen LogP contribution is 2.36. The van der Waals surface area contributed by atoms with Crippen LogP contribution in [0.1, 0.15) is 33.4 Å². The number of carbonyl (C=O) groups is 2. The number of esters is 1. The molecular weight excluding hydrogens is 442 g/mol. The smallest absolute Gasteiger partial charge is 0.377 e. The summed E-state index contributed by atoms with van der Waals surface area (Å²) >= 11 is 3.35. The first kappa shape index (κ1) is 19.2. The van der Waals surface area contributed by atoms with Gasteiger partial charge in [-0.3, -0.25) is 4.79 Å². The number of fused-ring (bicyclic) bond motifs is 1. The fourth-order valence-corrected chi connectivity index (χ4v) is 3.23. The summed E-state index contributed by atoms with van der Waals surface area (Å²) in [4.78, 5) is 25.6. The molecule has 0 saturated carbocycles. The summed E-state index contributed by atoms with van der Waals surface area (Å²) in [5.41, 5.74) is 1.23. The zero-order valence-corrected chi connectivity index (χ0v) is 17.0. The van der Waals surface area contributed by atoms with Crippen LogP contribution in [0.15, 0.2) is 51.5 Å². The van der Waals surface area contributed by atoms with Crippen molar-refractivity contribution in [3.8, 4) is 22.8 Å². The predicted octanol–water partition coefficient (Wildman–Crippen LogP) is 4.28. The van der Waals surface area contributed by atoms with E-state index in [-0.39, 0.29) is 23.6 Å². The van der Waals surface area contributed by atoms with Crippen LogP contribution in [0.4, 0.5) is 0 Å². The highest BCUT2D eigenvalue weighted by Gasteiger charge is 2.30. The molecule has 0 N–H and O–H groups in total. The molecule has 2 aromatic carbocycles. The van der Waals surface area contributed by atoms with Gasteiger partial charge in [0.2, 0.25) is 0 Å². The number of carbonyl (C=O) groups excluding carboxylic acids is 2. The highest BCUT2D eigenvalue weighted by atomic mass is 79.9. The maximum Gasteiger partial charge on any atom is 0.377 e. The molecule has 1 aliphatic heterocycles. The largest absolute Gasteiger partial charge is 0.486 e. The third-order valence-corrected chi connectivity index (χ3v) is 4.83. The Balaban J connectivity index is 1.83. The van der Waals surface area contributed by atoms with Crippen LogP contribution in [0.25, 0.3) is 11.3 Å². The van der Waals surface area contributed by atoms with E-state index in [2.05, 4.69) is 21.1 Å². The van der Waals surface area contributed by atoms with Gasteiger partial charge in [0.15, 0.2) is 17.3 Å². The van der Waals surface area contributed by atoms with Crippen LogP contribution in [0, 0.1) is 0 Å². The van der Waals surface area contributed by atoms with Crippen LogP contribution in [0.2, 0.25) is 0 Å². The second kappa shape index (κ2) is 8.08. The second-order valence-corrected chi connectivity index (χ2v) is 7.07. The van der Waals surface area contributed by atoms with Crippen LogP contribution in [0.3, 0.4) is 0 Å². The van der Waals surface area contributed by atoms with E-state index in [4.69, 9.17) is 18.7 Å². The van der Waals surface area contributed by atoms with Gasteiger partial charge in [0, 0.05) is 15.6 Å². The van der Waals surface area contributed by atoms with Crippen LogP contribution in [0.5, 0.6) is 11.5 Å². The Hall–Kier alpha value is -3.13. The number of hydrogen-bond acceptors (Lipinski definition) is 7. The molecule has 29 heavy (non-hydrogen) atoms. The van der Waals surface area contributed by atoms with Gasteiger partial charge in [-0.25, -0.2) is 4.79 Å². The average Bonchev–Trinajstić information content (AvgIpc) is 3.19. The maximum atomic E-state index is 13.3. The highest BCUT2D eigenvalue weighted by molar-refractivity contribution is 9.10. The molecule has 0 saturated heterocycles. The third-order valence-electron chi connectivity index (χ3n) is 4.30. The molecule has 0 fully saturated rings. The summed E-state index contributed by atoms with van der Waals surface area (Å²) in [7, 11) is 0. The van der Waals surface area contributed by atoms with E-state index >= 15 is 0 Å². The molecule has 1 aliphatic rings. The Kier molecular flexibility index (Phi) is 5.35. The number of benzene rings is 2. The van der Waals surface area contributed by atoms with Crippen molar-refractivity contribution < 1.29 is 28.3 Å². The number of ketones is 1. The SMILES string of the molecule is CCOC(=O)c1onc(-c2ccc3c(c2)OCCO3)c1C(=O)c1ccc(Br)cc1. The lowest BCUT2D eigenvalue weighted by Gasteiger charge is -2.18. The lowest BCUT2D eigenvalue weighted by molar-refractivity contribution is 0.0476. The first-order chi connectivity index (χ1) is 14.1. The van der Waals surface area contributed by atoms with Gasteiger partial charge in [0.1, 0.15) is 24.5 Å². The summed E-state index contributed by atoms with van der Waals surface area (Å²) in [6.07, 6.45) is 0. The van der Waals surface area contributed by atoms with Gasteiger partial charge in [-0.05, 0) is 49.4 Å². The van der Waals surface area contributed by atoms with Gasteiger partial charge in [0.25, 0.3) is 5.76 Å². The van der Waals surface area contributed by atoms with Gasteiger partial charge in [-0.1, -0.05) is 21.1 Å². The molecule has 0 atom stereocenters. The number of halogens is 1. The Labute approximate surface area is 174 Å². The van der Waals surface area contributed by atoms with Gasteiger partial charge < -0.3 is 18.7 Å². The van der Waals surface area contributed by atoms with Crippen LogP contribution in [-0.4, -0.2) is 36.7 Å². The molecule has 0 radical (unpaired) electrons. The summed E-state index contributed by atoms with van der Waals surface area (Å²) in [6.45, 7) is 2.71. The lowest BCUT2D eigenvalue weighted by Crippen LogP contribution is -2.15. The molecule has 8 heteroatoms. The first-order valence-corrected chi connectivity index (χ1v) is 9.75. The summed E-state index contributed by atoms with van der Waals surface area (Å²) in [5.74, 6) is -0.230. The zero-order valence-electron chi connectivity index (χ0n) is 15.4. The molecule has 0 amide bonds. The van der Waals surface area contributed by atoms with Crippen molar-refractivity contribution in [2.45, 2.75) is 6.92 Å².